The van der Waals surface area contributed by atoms with Gasteiger partial charge in [0.15, 0.2) is 0 Å². The molecule has 0 saturated heterocycles. The molecule has 0 heterocycles. The van der Waals surface area contributed by atoms with Crippen LogP contribution in [0.3, 0.4) is 0 Å². The number of hydrogen-bond donors (Lipinski definition) is 1. The van der Waals surface area contributed by atoms with E-state index in [1.807, 2.05) is 100 Å². The molecule has 0 aromatic rings. The highest BCUT2D eigenvalue weighted by atomic mass is 31.2. The van der Waals surface area contributed by atoms with E-state index in [0.29, 0.717) is 23.9 Å². The molecule has 394 valence electrons. The van der Waals surface area contributed by atoms with Crippen LogP contribution in [0.5, 0.6) is 0 Å². The molecule has 0 aliphatic carbocycles. The molecule has 0 aliphatic heterocycles. The Morgan fingerprint density at radius 2 is 1.00 bits per heavy atom. The van der Waals surface area contributed by atoms with Crippen LogP contribution in [0.4, 0.5) is 0 Å². The molecule has 0 aromatic carbocycles. The fourth-order valence-electron chi connectivity index (χ4n) is 6.60. The maximum atomic E-state index is 13.4. The van der Waals surface area contributed by atoms with E-state index < -0.39 is 32.5 Å². The number of ether oxygens (including phenoxy) is 1. The number of unbranched alkanes of at least 4 members (excludes halogenated alkanes) is 12. The Balaban J connectivity index is 5.61. The number of allylic oxidation sites excluding steroid dienone is 23. The number of carbonyl (C=O) groups is 2. The van der Waals surface area contributed by atoms with Crippen molar-refractivity contribution in [1.29, 1.82) is 0 Å². The predicted molar refractivity (Wildman–Crippen MR) is 297 cm³/mol. The standard InChI is InChI=1S/C60H97N2O7P/c1-7-10-13-16-19-22-25-27-29-31-33-35-38-41-44-47-50-53-60(64)69-58(51-48-45-42-39-36-24-21-18-15-12-9-3)57(56-68-70(65,66)67-55-54-62(4,5)6)61-59(63)52-49-46-43-40-37-34-32-30-28-26-23-20-17-14-11-8-2/h10-11,13-14,16,19-20,22-23,25,27-31,33-35,37-38,43,46,48,51,57-58H,7-9,12,15,17-18,21,24,26,32,36,39-42,44-45,47,49-50,52-56H2,1-6H3,(H-,61,63,65,66)/b13-10-,14-11+,19-16+,23-20+,25-22+,29-27-,30-28+,33-31+,37-34+,38-35+,46-43+,51-48+. The van der Waals surface area contributed by atoms with Crippen LogP contribution in [-0.2, 0) is 27.9 Å². The van der Waals surface area contributed by atoms with Crippen molar-refractivity contribution in [3.05, 3.63) is 146 Å². The molecule has 10 heteroatoms. The van der Waals surface area contributed by atoms with Crippen LogP contribution in [0.25, 0.3) is 0 Å². The lowest BCUT2D eigenvalue weighted by molar-refractivity contribution is -0.870. The topological polar surface area (TPSA) is 114 Å². The lowest BCUT2D eigenvalue weighted by Crippen LogP contribution is -2.47. The van der Waals surface area contributed by atoms with Crippen LogP contribution in [0, 0.1) is 0 Å². The van der Waals surface area contributed by atoms with Gasteiger partial charge in [-0.3, -0.25) is 14.2 Å². The number of nitrogens with zero attached hydrogens (tertiary/aromatic N) is 1. The molecule has 0 saturated carbocycles. The molecule has 0 rings (SSSR count). The first-order valence-corrected chi connectivity index (χ1v) is 28.2. The van der Waals surface area contributed by atoms with Crippen molar-refractivity contribution < 1.29 is 37.3 Å². The van der Waals surface area contributed by atoms with Gasteiger partial charge in [-0.2, -0.15) is 0 Å². The number of rotatable bonds is 45. The summed E-state index contributed by atoms with van der Waals surface area (Å²) in [6.07, 6.45) is 69.8. The number of phosphoric acid groups is 1. The third-order valence-electron chi connectivity index (χ3n) is 10.7. The highest BCUT2D eigenvalue weighted by Crippen LogP contribution is 2.38. The first-order valence-electron chi connectivity index (χ1n) is 26.7. The maximum absolute atomic E-state index is 13.4. The van der Waals surface area contributed by atoms with Gasteiger partial charge in [-0.1, -0.05) is 218 Å². The highest BCUT2D eigenvalue weighted by Gasteiger charge is 2.27. The summed E-state index contributed by atoms with van der Waals surface area (Å²) in [6.45, 7) is 6.43. The lowest BCUT2D eigenvalue weighted by atomic mass is 10.1. The molecule has 0 aliphatic rings. The Labute approximate surface area is 428 Å². The molecular formula is C60H97N2O7P. The molecule has 3 unspecified atom stereocenters. The van der Waals surface area contributed by atoms with Gasteiger partial charge in [-0.25, -0.2) is 0 Å². The molecule has 0 spiro atoms. The summed E-state index contributed by atoms with van der Waals surface area (Å²) in [4.78, 5) is 39.7. The smallest absolute Gasteiger partial charge is 0.306 e. The Bertz CT molecular complexity index is 1710. The number of hydrogen-bond acceptors (Lipinski definition) is 7. The molecule has 1 N–H and O–H groups in total. The summed E-state index contributed by atoms with van der Waals surface area (Å²) in [5.41, 5.74) is 0. The molecule has 0 bridgehead atoms. The van der Waals surface area contributed by atoms with Gasteiger partial charge in [0.05, 0.1) is 33.8 Å². The molecular weight excluding hydrogens is 892 g/mol. The van der Waals surface area contributed by atoms with E-state index in [1.165, 1.54) is 44.9 Å². The summed E-state index contributed by atoms with van der Waals surface area (Å²) < 4.78 is 30.0. The third-order valence-corrected chi connectivity index (χ3v) is 11.7. The molecule has 9 nitrogen and oxygen atoms in total. The van der Waals surface area contributed by atoms with Gasteiger partial charge in [-0.05, 0) is 83.1 Å². The van der Waals surface area contributed by atoms with E-state index in [-0.39, 0.29) is 25.4 Å². The number of carbonyl (C=O) groups excluding carboxylic acids is 2. The van der Waals surface area contributed by atoms with Gasteiger partial charge < -0.3 is 28.5 Å². The second-order valence-electron chi connectivity index (χ2n) is 18.4. The van der Waals surface area contributed by atoms with E-state index in [9.17, 15) is 19.0 Å². The maximum Gasteiger partial charge on any atom is 0.306 e. The van der Waals surface area contributed by atoms with Crippen molar-refractivity contribution >= 4 is 19.7 Å². The second kappa shape index (κ2) is 48.5. The van der Waals surface area contributed by atoms with Crippen LogP contribution in [0.1, 0.15) is 168 Å². The summed E-state index contributed by atoms with van der Waals surface area (Å²) in [6, 6.07) is -0.956. The van der Waals surface area contributed by atoms with Crippen molar-refractivity contribution in [2.45, 2.75) is 181 Å². The van der Waals surface area contributed by atoms with E-state index in [2.05, 4.69) is 86.8 Å². The zero-order valence-corrected chi connectivity index (χ0v) is 45.5. The van der Waals surface area contributed by atoms with Crippen LogP contribution in [-0.4, -0.2) is 69.4 Å². The number of phosphoric ester groups is 1. The van der Waals surface area contributed by atoms with Crippen LogP contribution in [0.2, 0.25) is 0 Å². The number of esters is 1. The van der Waals surface area contributed by atoms with Crippen LogP contribution in [0.15, 0.2) is 146 Å². The minimum absolute atomic E-state index is 0.0523. The highest BCUT2D eigenvalue weighted by molar-refractivity contribution is 7.45. The minimum atomic E-state index is -4.73. The Morgan fingerprint density at radius 3 is 1.54 bits per heavy atom. The SMILES string of the molecule is CC\C=C/C=C/C=C/C=C\C=C\C=C\CCCCCC(=O)OC(/C=C/CCCCCCCCCCC)C(COP(=O)([O-])OCC[N+](C)(C)C)NC(=O)CC/C=C/C/C=C/C/C=C/C/C=C/C/C=C/CC. The van der Waals surface area contributed by atoms with Crippen molar-refractivity contribution in [3.63, 3.8) is 0 Å². The van der Waals surface area contributed by atoms with Crippen LogP contribution < -0.4 is 10.2 Å². The lowest BCUT2D eigenvalue weighted by Gasteiger charge is -2.30. The van der Waals surface area contributed by atoms with Crippen molar-refractivity contribution in [1.82, 2.24) is 5.32 Å². The number of quaternary nitrogens is 1. The van der Waals surface area contributed by atoms with Gasteiger partial charge >= 0.3 is 5.97 Å². The van der Waals surface area contributed by atoms with Crippen molar-refractivity contribution in [2.24, 2.45) is 0 Å². The Morgan fingerprint density at radius 1 is 0.529 bits per heavy atom. The fraction of sp³-hybridized carbons (Fsp3) is 0.567. The van der Waals surface area contributed by atoms with E-state index >= 15 is 0 Å². The van der Waals surface area contributed by atoms with Gasteiger partial charge in [0.25, 0.3) is 7.82 Å². The van der Waals surface area contributed by atoms with E-state index in [1.54, 1.807) is 6.08 Å². The van der Waals surface area contributed by atoms with E-state index in [4.69, 9.17) is 13.8 Å². The average molecular weight is 989 g/mol. The fourth-order valence-corrected chi connectivity index (χ4v) is 7.32. The zero-order chi connectivity index (χ0) is 51.5. The molecule has 3 atom stereocenters. The van der Waals surface area contributed by atoms with Crippen molar-refractivity contribution in [3.8, 4) is 0 Å². The van der Waals surface area contributed by atoms with Gasteiger partial charge in [0, 0.05) is 12.8 Å². The Hall–Kier alpha value is -4.11. The second-order valence-corrected chi connectivity index (χ2v) is 19.8. The van der Waals surface area contributed by atoms with E-state index in [0.717, 1.165) is 77.0 Å². The van der Waals surface area contributed by atoms with Gasteiger partial charge in [0.1, 0.15) is 19.3 Å². The summed E-state index contributed by atoms with van der Waals surface area (Å²) in [5.74, 6) is -0.707. The predicted octanol–water partition coefficient (Wildman–Crippen LogP) is 15.3. The molecule has 1 amide bonds. The van der Waals surface area contributed by atoms with Gasteiger partial charge in [0.2, 0.25) is 5.91 Å². The third kappa shape index (κ3) is 48.9. The zero-order valence-electron chi connectivity index (χ0n) is 44.6. The first-order chi connectivity index (χ1) is 33.9. The monoisotopic (exact) mass is 989 g/mol. The summed E-state index contributed by atoms with van der Waals surface area (Å²) >= 11 is 0. The minimum Gasteiger partial charge on any atom is -0.756 e. The quantitative estimate of drug-likeness (QED) is 0.0161. The number of likely N-dealkylation sites (N-methyl/N-ethyl adjacent to an activating group) is 1. The summed E-state index contributed by atoms with van der Waals surface area (Å²) in [5, 5.41) is 2.94. The molecule has 0 aromatic heterocycles. The normalized spacial score (nSPS) is 15.0. The van der Waals surface area contributed by atoms with Gasteiger partial charge in [-0.15, -0.1) is 0 Å². The number of amides is 1. The van der Waals surface area contributed by atoms with Crippen molar-refractivity contribution in [2.75, 3.05) is 40.9 Å². The first kappa shape index (κ1) is 65.9. The molecule has 70 heavy (non-hydrogen) atoms. The molecule has 0 fully saturated rings. The summed E-state index contributed by atoms with van der Waals surface area (Å²) in [7, 11) is 1.08. The number of nitrogens with one attached hydrogen (secondary N) is 1. The Kier molecular flexibility index (Phi) is 45.7. The van der Waals surface area contributed by atoms with Crippen LogP contribution >= 0.6 is 7.82 Å². The largest absolute Gasteiger partial charge is 0.756 e. The average Bonchev–Trinajstić information content (AvgIpc) is 3.32. The molecule has 0 radical (unpaired) electrons.